The van der Waals surface area contributed by atoms with Gasteiger partial charge in [0.2, 0.25) is 9.84 Å². The third kappa shape index (κ3) is 1.76. The highest BCUT2D eigenvalue weighted by Gasteiger charge is 2.53. The first-order valence-electron chi connectivity index (χ1n) is 3.66. The Balaban J connectivity index is 5.14. The maximum atomic E-state index is 13.1. The monoisotopic (exact) mass is 200 g/mol. The molecule has 0 atom stereocenters. The van der Waals surface area contributed by atoms with Gasteiger partial charge in [0.1, 0.15) is 0 Å². The van der Waals surface area contributed by atoms with Crippen molar-refractivity contribution in [3.05, 3.63) is 0 Å². The van der Waals surface area contributed by atoms with Gasteiger partial charge in [0.25, 0.3) is 0 Å². The number of hydrogen-bond acceptors (Lipinski definition) is 2. The van der Waals surface area contributed by atoms with Gasteiger partial charge in [-0.3, -0.25) is 0 Å². The fourth-order valence-electron chi connectivity index (χ4n) is 0.648. The number of halogens is 2. The Bertz CT molecular complexity index is 249. The molecule has 0 fully saturated rings. The summed E-state index contributed by atoms with van der Waals surface area (Å²) in [6, 6.07) is 0. The molecule has 0 aliphatic rings. The highest BCUT2D eigenvalue weighted by molar-refractivity contribution is 7.92. The first-order valence-corrected chi connectivity index (χ1v) is 5.31. The Morgan fingerprint density at radius 3 is 1.58 bits per heavy atom. The first kappa shape index (κ1) is 11.8. The molecule has 0 saturated heterocycles. The second-order valence-electron chi connectivity index (χ2n) is 3.67. The molecule has 0 N–H and O–H groups in total. The van der Waals surface area contributed by atoms with Crippen LogP contribution in [0.2, 0.25) is 0 Å². The smallest absolute Gasteiger partial charge is 0.223 e. The average Bonchev–Trinajstić information content (AvgIpc) is 1.85. The molecule has 0 unspecified atom stereocenters. The Kier molecular flexibility index (Phi) is 2.89. The molecule has 12 heavy (non-hydrogen) atoms. The molecule has 5 heteroatoms. The van der Waals surface area contributed by atoms with E-state index in [0.717, 1.165) is 0 Å². The molecule has 74 valence electrons. The van der Waals surface area contributed by atoms with Crippen LogP contribution < -0.4 is 0 Å². The highest BCUT2D eigenvalue weighted by atomic mass is 32.2. The lowest BCUT2D eigenvalue weighted by atomic mass is 9.97. The van der Waals surface area contributed by atoms with E-state index in [9.17, 15) is 17.2 Å². The number of rotatable bonds is 2. The summed E-state index contributed by atoms with van der Waals surface area (Å²) < 4.78 is 48.1. The lowest BCUT2D eigenvalue weighted by Gasteiger charge is -2.29. The maximum Gasteiger partial charge on any atom is 0.350 e. The summed E-state index contributed by atoms with van der Waals surface area (Å²) in [7, 11) is -4.29. The number of hydrogen-bond donors (Lipinski definition) is 0. The van der Waals surface area contributed by atoms with Crippen molar-refractivity contribution in [3.63, 3.8) is 0 Å². The number of alkyl halides is 2. The molecule has 0 aromatic carbocycles. The maximum absolute atomic E-state index is 13.1. The van der Waals surface area contributed by atoms with Crippen LogP contribution in [0.25, 0.3) is 0 Å². The SMILES string of the molecule is CCS(=O)(=O)C(F)(F)C(C)(C)C. The fourth-order valence-corrected chi connectivity index (χ4v) is 1.94. The van der Waals surface area contributed by atoms with E-state index in [0.29, 0.717) is 0 Å². The second-order valence-corrected chi connectivity index (χ2v) is 5.99. The predicted molar refractivity (Wildman–Crippen MR) is 43.9 cm³/mol. The highest BCUT2D eigenvalue weighted by Crippen LogP contribution is 2.40. The van der Waals surface area contributed by atoms with Crippen LogP contribution in [-0.4, -0.2) is 19.4 Å². The molecule has 0 spiro atoms. The van der Waals surface area contributed by atoms with Crippen molar-refractivity contribution in [2.75, 3.05) is 5.75 Å². The largest absolute Gasteiger partial charge is 0.350 e. The zero-order valence-electron chi connectivity index (χ0n) is 7.69. The molecule has 2 nitrogen and oxygen atoms in total. The van der Waals surface area contributed by atoms with Gasteiger partial charge in [0, 0.05) is 5.41 Å². The minimum absolute atomic E-state index is 0.530. The van der Waals surface area contributed by atoms with E-state index >= 15 is 0 Å². The lowest BCUT2D eigenvalue weighted by molar-refractivity contribution is -0.0157. The molecule has 0 amide bonds. The summed E-state index contributed by atoms with van der Waals surface area (Å²) in [5, 5.41) is -3.64. The van der Waals surface area contributed by atoms with E-state index in [1.807, 2.05) is 0 Å². The molecular weight excluding hydrogens is 186 g/mol. The van der Waals surface area contributed by atoms with E-state index < -0.39 is 26.3 Å². The zero-order chi connectivity index (χ0) is 10.2. The third-order valence-corrected chi connectivity index (χ3v) is 3.80. The molecule has 0 bridgehead atoms. The third-order valence-electron chi connectivity index (χ3n) is 1.64. The fraction of sp³-hybridized carbons (Fsp3) is 1.00. The van der Waals surface area contributed by atoms with Crippen molar-refractivity contribution in [1.29, 1.82) is 0 Å². The van der Waals surface area contributed by atoms with Crippen LogP contribution in [0.3, 0.4) is 0 Å². The first-order chi connectivity index (χ1) is 5.06. The number of sulfone groups is 1. The van der Waals surface area contributed by atoms with E-state index in [2.05, 4.69) is 0 Å². The van der Waals surface area contributed by atoms with Gasteiger partial charge >= 0.3 is 5.25 Å². The topological polar surface area (TPSA) is 34.1 Å². The summed E-state index contributed by atoms with van der Waals surface area (Å²) in [5.41, 5.74) is -1.54. The molecule has 0 aliphatic heterocycles. The van der Waals surface area contributed by atoms with Gasteiger partial charge < -0.3 is 0 Å². The Labute approximate surface area is 71.9 Å². The molecule has 0 heterocycles. The minimum Gasteiger partial charge on any atom is -0.223 e. The molecule has 0 aromatic rings. The molecule has 0 radical (unpaired) electrons. The molecular formula is C7H14F2O2S. The summed E-state index contributed by atoms with van der Waals surface area (Å²) in [5.74, 6) is -0.530. The standard InChI is InChI=1S/C7H14F2O2S/c1-5-12(10,11)7(8,9)6(2,3)4/h5H2,1-4H3. The normalized spacial score (nSPS) is 14.8. The van der Waals surface area contributed by atoms with Crippen molar-refractivity contribution >= 4 is 9.84 Å². The Morgan fingerprint density at radius 1 is 1.17 bits per heavy atom. The Hall–Kier alpha value is -0.190. The molecule has 0 aliphatic carbocycles. The zero-order valence-corrected chi connectivity index (χ0v) is 8.50. The van der Waals surface area contributed by atoms with Crippen molar-refractivity contribution in [1.82, 2.24) is 0 Å². The Morgan fingerprint density at radius 2 is 1.50 bits per heavy atom. The van der Waals surface area contributed by atoms with Crippen LogP contribution in [0, 0.1) is 5.41 Å². The molecule has 0 saturated carbocycles. The van der Waals surface area contributed by atoms with Gasteiger partial charge in [-0.25, -0.2) is 8.42 Å². The summed E-state index contributed by atoms with van der Waals surface area (Å²) in [4.78, 5) is 0. The van der Waals surface area contributed by atoms with Gasteiger partial charge in [-0.05, 0) is 0 Å². The van der Waals surface area contributed by atoms with Crippen LogP contribution in [0.5, 0.6) is 0 Å². The van der Waals surface area contributed by atoms with Gasteiger partial charge in [-0.15, -0.1) is 0 Å². The van der Waals surface area contributed by atoms with Gasteiger partial charge in [-0.1, -0.05) is 27.7 Å². The van der Waals surface area contributed by atoms with Crippen LogP contribution >= 0.6 is 0 Å². The predicted octanol–water partition coefficient (Wildman–Crippen LogP) is 2.06. The summed E-state index contributed by atoms with van der Waals surface area (Å²) >= 11 is 0. The van der Waals surface area contributed by atoms with Crippen LogP contribution in [0.1, 0.15) is 27.7 Å². The van der Waals surface area contributed by atoms with Crippen molar-refractivity contribution < 1.29 is 17.2 Å². The van der Waals surface area contributed by atoms with Gasteiger partial charge in [0.05, 0.1) is 5.75 Å². The summed E-state index contributed by atoms with van der Waals surface area (Å²) in [6.07, 6.45) is 0. The van der Waals surface area contributed by atoms with Crippen LogP contribution in [0.15, 0.2) is 0 Å². The van der Waals surface area contributed by atoms with E-state index in [1.165, 1.54) is 27.7 Å². The van der Waals surface area contributed by atoms with E-state index in [-0.39, 0.29) is 0 Å². The molecule has 0 rings (SSSR count). The van der Waals surface area contributed by atoms with Crippen molar-refractivity contribution in [2.45, 2.75) is 32.9 Å². The van der Waals surface area contributed by atoms with E-state index in [1.54, 1.807) is 0 Å². The minimum atomic E-state index is -4.29. The average molecular weight is 200 g/mol. The molecule has 0 aromatic heterocycles. The second kappa shape index (κ2) is 2.94. The summed E-state index contributed by atoms with van der Waals surface area (Å²) in [6.45, 7) is 4.84. The van der Waals surface area contributed by atoms with Crippen molar-refractivity contribution in [2.24, 2.45) is 5.41 Å². The van der Waals surface area contributed by atoms with Crippen molar-refractivity contribution in [3.8, 4) is 0 Å². The van der Waals surface area contributed by atoms with Gasteiger partial charge in [-0.2, -0.15) is 8.78 Å². The van der Waals surface area contributed by atoms with Gasteiger partial charge in [0.15, 0.2) is 0 Å². The van der Waals surface area contributed by atoms with Crippen LogP contribution in [0.4, 0.5) is 8.78 Å². The van der Waals surface area contributed by atoms with E-state index in [4.69, 9.17) is 0 Å². The van der Waals surface area contributed by atoms with Crippen LogP contribution in [-0.2, 0) is 9.84 Å². The quantitative estimate of drug-likeness (QED) is 0.683. The lowest BCUT2D eigenvalue weighted by Crippen LogP contribution is -2.42.